The molecule has 1 aliphatic rings. The molecule has 0 bridgehead atoms. The van der Waals surface area contributed by atoms with E-state index in [9.17, 15) is 26.0 Å². The molecule has 1 aromatic heterocycles. The van der Waals surface area contributed by atoms with Crippen molar-refractivity contribution < 1.29 is 30.7 Å². The molecule has 0 fully saturated rings. The number of halogens is 4. The molecule has 7 nitrogen and oxygen atoms in total. The summed E-state index contributed by atoms with van der Waals surface area (Å²) >= 11 is 0. The van der Waals surface area contributed by atoms with E-state index in [2.05, 4.69) is 19.7 Å². The van der Waals surface area contributed by atoms with Gasteiger partial charge in [0.1, 0.15) is 17.4 Å². The Hall–Kier alpha value is -3.15. The third kappa shape index (κ3) is 4.85. The highest BCUT2D eigenvalue weighted by Gasteiger charge is 2.31. The van der Waals surface area contributed by atoms with Crippen molar-refractivity contribution in [2.24, 2.45) is 0 Å². The van der Waals surface area contributed by atoms with Gasteiger partial charge in [-0.25, -0.2) is 12.8 Å². The van der Waals surface area contributed by atoms with Crippen LogP contribution in [0.1, 0.15) is 25.1 Å². The fourth-order valence-corrected chi connectivity index (χ4v) is 4.53. The summed E-state index contributed by atoms with van der Waals surface area (Å²) in [6.07, 6.45) is -1.26. The molecular formula is C20H18F4N4O3S. The Balaban J connectivity index is 1.60. The van der Waals surface area contributed by atoms with Crippen LogP contribution < -0.4 is 9.46 Å². The van der Waals surface area contributed by atoms with E-state index < -0.39 is 28.0 Å². The highest BCUT2D eigenvalue weighted by atomic mass is 32.2. The number of hydrogen-bond acceptors (Lipinski definition) is 5. The van der Waals surface area contributed by atoms with Crippen molar-refractivity contribution >= 4 is 15.7 Å². The molecule has 0 unspecified atom stereocenters. The Labute approximate surface area is 181 Å². The van der Waals surface area contributed by atoms with Gasteiger partial charge in [-0.3, -0.25) is 4.72 Å². The van der Waals surface area contributed by atoms with Gasteiger partial charge in [-0.1, -0.05) is 6.42 Å². The van der Waals surface area contributed by atoms with E-state index in [1.807, 2.05) is 4.57 Å². The highest BCUT2D eigenvalue weighted by Crippen LogP contribution is 2.29. The number of nitrogens with zero attached hydrogens (tertiary/aromatic N) is 3. The van der Waals surface area contributed by atoms with Crippen LogP contribution in [0.2, 0.25) is 0 Å². The minimum absolute atomic E-state index is 0.0722. The van der Waals surface area contributed by atoms with E-state index in [-0.39, 0.29) is 16.1 Å². The Kier molecular flexibility index (Phi) is 5.80. The topological polar surface area (TPSA) is 86.1 Å². The molecule has 0 spiro atoms. The third-order valence-corrected chi connectivity index (χ3v) is 6.33. The summed E-state index contributed by atoms with van der Waals surface area (Å²) < 4.78 is 84.6. The van der Waals surface area contributed by atoms with Gasteiger partial charge in [0.25, 0.3) is 10.0 Å². The van der Waals surface area contributed by atoms with Crippen LogP contribution >= 0.6 is 0 Å². The lowest BCUT2D eigenvalue weighted by atomic mass is 10.1. The second kappa shape index (κ2) is 8.41. The average molecular weight is 470 g/mol. The zero-order chi connectivity index (χ0) is 22.9. The van der Waals surface area contributed by atoms with E-state index in [1.54, 1.807) is 0 Å². The van der Waals surface area contributed by atoms with Crippen molar-refractivity contribution in [3.63, 3.8) is 0 Å². The van der Waals surface area contributed by atoms with Crippen LogP contribution in [0, 0.1) is 5.82 Å². The molecule has 0 amide bonds. The smallest absolute Gasteiger partial charge is 0.406 e. The normalized spacial score (nSPS) is 14.5. The molecule has 0 saturated heterocycles. The monoisotopic (exact) mass is 470 g/mol. The highest BCUT2D eigenvalue weighted by molar-refractivity contribution is 7.92. The molecular weight excluding hydrogens is 452 g/mol. The van der Waals surface area contributed by atoms with Crippen molar-refractivity contribution in [2.45, 2.75) is 43.5 Å². The first-order chi connectivity index (χ1) is 15.1. The van der Waals surface area contributed by atoms with Crippen molar-refractivity contribution in [3.05, 3.63) is 54.1 Å². The predicted octanol–water partition coefficient (Wildman–Crippen LogP) is 4.51. The number of benzene rings is 2. The molecule has 1 N–H and O–H groups in total. The molecule has 2 heterocycles. The first-order valence-electron chi connectivity index (χ1n) is 9.73. The standard InChI is InChI=1S/C20H18F4N4O3S/c21-17-10-5-13(12-16(17)19-26-25-18-4-2-1-3-11-28(18)19)27-32(29,30)15-8-6-14(7-9-15)31-20(22,23)24/h5-10,12,27H,1-4,11H2. The lowest BCUT2D eigenvalue weighted by molar-refractivity contribution is -0.274. The van der Waals surface area contributed by atoms with Crippen molar-refractivity contribution in [2.75, 3.05) is 4.72 Å². The molecule has 0 radical (unpaired) electrons. The lowest BCUT2D eigenvalue weighted by Gasteiger charge is -2.12. The van der Waals surface area contributed by atoms with E-state index in [1.165, 1.54) is 12.1 Å². The van der Waals surface area contributed by atoms with E-state index in [0.29, 0.717) is 12.4 Å². The van der Waals surface area contributed by atoms with Crippen LogP contribution in [0.25, 0.3) is 11.4 Å². The van der Waals surface area contributed by atoms with Crippen LogP contribution in [0.3, 0.4) is 0 Å². The largest absolute Gasteiger partial charge is 0.573 e. The minimum atomic E-state index is -4.89. The molecule has 12 heteroatoms. The van der Waals surface area contributed by atoms with Crippen LogP contribution in [0.15, 0.2) is 47.4 Å². The van der Waals surface area contributed by atoms with E-state index >= 15 is 0 Å². The van der Waals surface area contributed by atoms with Crippen LogP contribution in [0.5, 0.6) is 5.75 Å². The van der Waals surface area contributed by atoms with Gasteiger partial charge < -0.3 is 9.30 Å². The van der Waals surface area contributed by atoms with Crippen LogP contribution in [-0.2, 0) is 23.0 Å². The van der Waals surface area contributed by atoms with Gasteiger partial charge in [0.15, 0.2) is 5.82 Å². The quantitative estimate of drug-likeness (QED) is 0.555. The van der Waals surface area contributed by atoms with E-state index in [4.69, 9.17) is 0 Å². The summed E-state index contributed by atoms with van der Waals surface area (Å²) in [6, 6.07) is 7.42. The number of alkyl halides is 3. The zero-order valence-corrected chi connectivity index (χ0v) is 17.4. The fourth-order valence-electron chi connectivity index (χ4n) is 3.48. The second-order valence-electron chi connectivity index (χ2n) is 7.22. The summed E-state index contributed by atoms with van der Waals surface area (Å²) in [6.45, 7) is 0.638. The molecule has 2 aromatic carbocycles. The summed E-state index contributed by atoms with van der Waals surface area (Å²) in [4.78, 5) is -0.283. The van der Waals surface area contributed by atoms with Crippen LogP contribution in [-0.4, -0.2) is 29.5 Å². The summed E-state index contributed by atoms with van der Waals surface area (Å²) in [7, 11) is -4.15. The fraction of sp³-hybridized carbons (Fsp3) is 0.300. The molecule has 0 aliphatic carbocycles. The van der Waals surface area contributed by atoms with Gasteiger partial charge in [-0.05, 0) is 55.3 Å². The third-order valence-electron chi connectivity index (χ3n) is 4.94. The number of rotatable bonds is 5. The Morgan fingerprint density at radius 3 is 2.47 bits per heavy atom. The van der Waals surface area contributed by atoms with Crippen molar-refractivity contribution in [1.82, 2.24) is 14.8 Å². The second-order valence-corrected chi connectivity index (χ2v) is 8.90. The minimum Gasteiger partial charge on any atom is -0.406 e. The number of aromatic nitrogens is 3. The maximum Gasteiger partial charge on any atom is 0.573 e. The molecule has 3 aromatic rings. The summed E-state index contributed by atoms with van der Waals surface area (Å²) in [5.74, 6) is -0.0628. The first-order valence-corrected chi connectivity index (χ1v) is 11.2. The lowest BCUT2D eigenvalue weighted by Crippen LogP contribution is -2.17. The van der Waals surface area contributed by atoms with E-state index in [0.717, 1.165) is 61.8 Å². The van der Waals surface area contributed by atoms with Gasteiger partial charge in [-0.2, -0.15) is 0 Å². The maximum absolute atomic E-state index is 14.6. The SMILES string of the molecule is O=S(=O)(Nc1ccc(F)c(-c2nnc3n2CCCCC3)c1)c1ccc(OC(F)(F)F)cc1. The van der Waals surface area contributed by atoms with Gasteiger partial charge in [0.05, 0.1) is 10.5 Å². The van der Waals surface area contributed by atoms with Gasteiger partial charge in [0.2, 0.25) is 0 Å². The molecule has 0 saturated carbocycles. The summed E-state index contributed by atoms with van der Waals surface area (Å²) in [5, 5.41) is 8.23. The van der Waals surface area contributed by atoms with Crippen LogP contribution in [0.4, 0.5) is 23.2 Å². The number of aryl methyl sites for hydroxylation is 1. The first kappa shape index (κ1) is 22.1. The maximum atomic E-state index is 14.6. The number of ether oxygens (including phenoxy) is 1. The Morgan fingerprint density at radius 1 is 1.00 bits per heavy atom. The number of hydrogen-bond donors (Lipinski definition) is 1. The molecule has 0 atom stereocenters. The Bertz CT molecular complexity index is 1220. The molecule has 170 valence electrons. The number of fused-ring (bicyclic) bond motifs is 1. The predicted molar refractivity (Wildman–Crippen MR) is 107 cm³/mol. The number of sulfonamides is 1. The molecule has 32 heavy (non-hydrogen) atoms. The summed E-state index contributed by atoms with van der Waals surface area (Å²) in [5.41, 5.74) is 0.169. The molecule has 1 aliphatic heterocycles. The number of anilines is 1. The number of nitrogens with one attached hydrogen (secondary N) is 1. The Morgan fingerprint density at radius 2 is 1.75 bits per heavy atom. The molecule has 4 rings (SSSR count). The van der Waals surface area contributed by atoms with Crippen molar-refractivity contribution in [3.8, 4) is 17.1 Å². The zero-order valence-electron chi connectivity index (χ0n) is 16.6. The van der Waals surface area contributed by atoms with Gasteiger partial charge >= 0.3 is 6.36 Å². The average Bonchev–Trinajstić information content (AvgIpc) is 2.96. The van der Waals surface area contributed by atoms with Gasteiger partial charge in [0, 0.05) is 18.7 Å². The van der Waals surface area contributed by atoms with Crippen molar-refractivity contribution in [1.29, 1.82) is 0 Å². The van der Waals surface area contributed by atoms with Gasteiger partial charge in [-0.15, -0.1) is 23.4 Å².